The van der Waals surface area contributed by atoms with Crippen LogP contribution in [-0.2, 0) is 0 Å². The minimum Gasteiger partial charge on any atom is -0.382 e. The van der Waals surface area contributed by atoms with Crippen LogP contribution in [0.2, 0.25) is 0 Å². The maximum atomic E-state index is 13.9. The summed E-state index contributed by atoms with van der Waals surface area (Å²) >= 11 is 1.87. The maximum Gasteiger partial charge on any atom is 0.256 e. The molecule has 3 nitrogen and oxygen atoms in total. The zero-order valence-electron chi connectivity index (χ0n) is 11.8. The molecule has 1 aliphatic rings. The van der Waals surface area contributed by atoms with E-state index in [0.29, 0.717) is 17.8 Å². The Morgan fingerprint density at radius 3 is 3.05 bits per heavy atom. The number of hydrogen-bond donors (Lipinski definition) is 1. The molecule has 20 heavy (non-hydrogen) atoms. The number of carbonyl (C=O) groups excluding carboxylic acids is 1. The Morgan fingerprint density at radius 1 is 1.40 bits per heavy atom. The van der Waals surface area contributed by atoms with Crippen molar-refractivity contribution in [2.75, 3.05) is 36.5 Å². The molecule has 1 aromatic carbocycles. The number of thioether (sulfide) groups is 1. The molecule has 0 radical (unpaired) electrons. The minimum absolute atomic E-state index is 0.0643. The fraction of sp³-hybridized carbons (Fsp3) is 0.533. The summed E-state index contributed by atoms with van der Waals surface area (Å²) in [5.41, 5.74) is 0.793. The second-order valence-corrected chi connectivity index (χ2v) is 6.07. The SMILES string of the molecule is CCCNc1c(F)cccc1C(=O)N1CCCSCC1. The minimum atomic E-state index is -0.353. The first-order valence-corrected chi connectivity index (χ1v) is 8.29. The van der Waals surface area contributed by atoms with Crippen molar-refractivity contribution in [2.45, 2.75) is 19.8 Å². The summed E-state index contributed by atoms with van der Waals surface area (Å²) in [5.74, 6) is 1.63. The van der Waals surface area contributed by atoms with E-state index in [-0.39, 0.29) is 11.7 Å². The third kappa shape index (κ3) is 3.66. The molecule has 1 aliphatic heterocycles. The zero-order valence-corrected chi connectivity index (χ0v) is 12.6. The highest BCUT2D eigenvalue weighted by atomic mass is 32.2. The lowest BCUT2D eigenvalue weighted by Crippen LogP contribution is -2.33. The summed E-state index contributed by atoms with van der Waals surface area (Å²) in [7, 11) is 0. The fourth-order valence-electron chi connectivity index (χ4n) is 2.25. The third-order valence-corrected chi connectivity index (χ3v) is 4.35. The van der Waals surface area contributed by atoms with Gasteiger partial charge in [-0.2, -0.15) is 11.8 Å². The molecular weight excluding hydrogens is 275 g/mol. The van der Waals surface area contributed by atoms with E-state index >= 15 is 0 Å². The van der Waals surface area contributed by atoms with Crippen LogP contribution in [0.3, 0.4) is 0 Å². The Labute approximate surface area is 123 Å². The van der Waals surface area contributed by atoms with Crippen molar-refractivity contribution in [3.63, 3.8) is 0 Å². The highest BCUT2D eigenvalue weighted by Gasteiger charge is 2.21. The number of rotatable bonds is 4. The summed E-state index contributed by atoms with van der Waals surface area (Å²) in [6.45, 7) is 4.18. The molecule has 110 valence electrons. The molecule has 1 fully saturated rings. The predicted molar refractivity (Wildman–Crippen MR) is 83.0 cm³/mol. The van der Waals surface area contributed by atoms with E-state index in [9.17, 15) is 9.18 Å². The van der Waals surface area contributed by atoms with Crippen LogP contribution >= 0.6 is 11.8 Å². The van der Waals surface area contributed by atoms with Crippen molar-refractivity contribution in [1.82, 2.24) is 4.90 Å². The Morgan fingerprint density at radius 2 is 2.25 bits per heavy atom. The molecule has 2 rings (SSSR count). The number of benzene rings is 1. The highest BCUT2D eigenvalue weighted by molar-refractivity contribution is 7.99. The molecule has 1 N–H and O–H groups in total. The van der Waals surface area contributed by atoms with Crippen molar-refractivity contribution in [1.29, 1.82) is 0 Å². The van der Waals surface area contributed by atoms with Crippen molar-refractivity contribution in [3.8, 4) is 0 Å². The van der Waals surface area contributed by atoms with Crippen LogP contribution in [0.4, 0.5) is 10.1 Å². The normalized spacial score (nSPS) is 15.8. The van der Waals surface area contributed by atoms with Gasteiger partial charge in [-0.3, -0.25) is 4.79 Å². The largest absolute Gasteiger partial charge is 0.382 e. The molecule has 1 heterocycles. The lowest BCUT2D eigenvalue weighted by atomic mass is 10.1. The first-order valence-electron chi connectivity index (χ1n) is 7.13. The summed E-state index contributed by atoms with van der Waals surface area (Å²) in [5, 5.41) is 3.04. The molecule has 1 amide bonds. The van der Waals surface area contributed by atoms with E-state index in [2.05, 4.69) is 5.32 Å². The van der Waals surface area contributed by atoms with Gasteiger partial charge >= 0.3 is 0 Å². The maximum absolute atomic E-state index is 13.9. The smallest absolute Gasteiger partial charge is 0.256 e. The van der Waals surface area contributed by atoms with E-state index in [1.165, 1.54) is 6.07 Å². The molecular formula is C15H21FN2OS. The van der Waals surface area contributed by atoms with Gasteiger partial charge in [0.2, 0.25) is 0 Å². The Bertz CT molecular complexity index is 459. The van der Waals surface area contributed by atoms with Crippen molar-refractivity contribution < 1.29 is 9.18 Å². The third-order valence-electron chi connectivity index (χ3n) is 3.31. The first-order chi connectivity index (χ1) is 9.74. The molecule has 0 aliphatic carbocycles. The van der Waals surface area contributed by atoms with Gasteiger partial charge in [-0.25, -0.2) is 4.39 Å². The molecule has 0 unspecified atom stereocenters. The Hall–Kier alpha value is -1.23. The van der Waals surface area contributed by atoms with Crippen LogP contribution < -0.4 is 5.32 Å². The van der Waals surface area contributed by atoms with Crippen molar-refractivity contribution in [3.05, 3.63) is 29.6 Å². The number of para-hydroxylation sites is 1. The fourth-order valence-corrected chi connectivity index (χ4v) is 3.14. The van der Waals surface area contributed by atoms with E-state index in [1.54, 1.807) is 12.1 Å². The van der Waals surface area contributed by atoms with Gasteiger partial charge in [-0.05, 0) is 30.7 Å². The molecule has 0 bridgehead atoms. The predicted octanol–water partition coefficient (Wildman–Crippen LogP) is 3.23. The monoisotopic (exact) mass is 296 g/mol. The van der Waals surface area contributed by atoms with Gasteiger partial charge in [-0.1, -0.05) is 13.0 Å². The van der Waals surface area contributed by atoms with Crippen LogP contribution in [0.25, 0.3) is 0 Å². The number of amides is 1. The van der Waals surface area contributed by atoms with Crippen LogP contribution in [0, 0.1) is 5.82 Å². The summed E-state index contributed by atoms with van der Waals surface area (Å²) < 4.78 is 13.9. The van der Waals surface area contributed by atoms with Crippen molar-refractivity contribution >= 4 is 23.4 Å². The van der Waals surface area contributed by atoms with Gasteiger partial charge in [-0.15, -0.1) is 0 Å². The zero-order chi connectivity index (χ0) is 14.4. The molecule has 0 saturated carbocycles. The molecule has 1 saturated heterocycles. The quantitative estimate of drug-likeness (QED) is 0.926. The van der Waals surface area contributed by atoms with E-state index in [4.69, 9.17) is 0 Å². The van der Waals surface area contributed by atoms with Gasteiger partial charge in [0.15, 0.2) is 0 Å². The summed E-state index contributed by atoms with van der Waals surface area (Å²) in [4.78, 5) is 14.4. The highest BCUT2D eigenvalue weighted by Crippen LogP contribution is 2.23. The van der Waals surface area contributed by atoms with Gasteiger partial charge in [0, 0.05) is 25.4 Å². The standard InChI is InChI=1S/C15H21FN2OS/c1-2-7-17-14-12(5-3-6-13(14)16)15(19)18-8-4-10-20-11-9-18/h3,5-6,17H,2,4,7-11H2,1H3. The number of hydrogen-bond acceptors (Lipinski definition) is 3. The average molecular weight is 296 g/mol. The molecule has 5 heteroatoms. The lowest BCUT2D eigenvalue weighted by Gasteiger charge is -2.22. The molecule has 1 aromatic rings. The summed E-state index contributed by atoms with van der Waals surface area (Å²) in [6.07, 6.45) is 1.89. The van der Waals surface area contributed by atoms with Gasteiger partial charge in [0.25, 0.3) is 5.91 Å². The average Bonchev–Trinajstić information content (AvgIpc) is 2.74. The van der Waals surface area contributed by atoms with Crippen LogP contribution in [0.1, 0.15) is 30.1 Å². The van der Waals surface area contributed by atoms with Crippen LogP contribution in [0.5, 0.6) is 0 Å². The number of halogens is 1. The number of carbonyl (C=O) groups is 1. The van der Waals surface area contributed by atoms with E-state index in [1.807, 2.05) is 23.6 Å². The van der Waals surface area contributed by atoms with Crippen LogP contribution in [-0.4, -0.2) is 41.9 Å². The first kappa shape index (κ1) is 15.2. The topological polar surface area (TPSA) is 32.3 Å². The molecule has 0 atom stereocenters. The van der Waals surface area contributed by atoms with Gasteiger partial charge in [0.1, 0.15) is 5.82 Å². The van der Waals surface area contributed by atoms with Gasteiger partial charge < -0.3 is 10.2 Å². The van der Waals surface area contributed by atoms with Crippen molar-refractivity contribution in [2.24, 2.45) is 0 Å². The van der Waals surface area contributed by atoms with E-state index < -0.39 is 0 Å². The number of anilines is 1. The lowest BCUT2D eigenvalue weighted by molar-refractivity contribution is 0.0769. The van der Waals surface area contributed by atoms with Gasteiger partial charge in [0.05, 0.1) is 11.3 Å². The molecule has 0 aromatic heterocycles. The second kappa shape index (κ2) is 7.53. The Kier molecular flexibility index (Phi) is 5.71. The number of nitrogens with one attached hydrogen (secondary N) is 1. The van der Waals surface area contributed by atoms with Crippen LogP contribution in [0.15, 0.2) is 18.2 Å². The van der Waals surface area contributed by atoms with E-state index in [0.717, 1.165) is 37.4 Å². The Balaban J connectivity index is 2.21. The molecule has 0 spiro atoms. The second-order valence-electron chi connectivity index (χ2n) is 4.85. The summed E-state index contributed by atoms with van der Waals surface area (Å²) in [6, 6.07) is 4.71. The number of nitrogens with zero attached hydrogens (tertiary/aromatic N) is 1.